The predicted octanol–water partition coefficient (Wildman–Crippen LogP) is 4.11. The molecule has 0 bridgehead atoms. The average molecular weight is 361 g/mol. The smallest absolute Gasteiger partial charge is 0.229 e. The second-order valence-corrected chi connectivity index (χ2v) is 6.49. The van der Waals surface area contributed by atoms with Crippen molar-refractivity contribution in [2.75, 3.05) is 41.8 Å². The second kappa shape index (κ2) is 8.05. The Morgan fingerprint density at radius 1 is 0.889 bits per heavy atom. The van der Waals surface area contributed by atoms with Crippen LogP contribution >= 0.6 is 0 Å². The maximum absolute atomic E-state index is 5.42. The Labute approximate surface area is 159 Å². The van der Waals surface area contributed by atoms with E-state index in [1.807, 2.05) is 43.5 Å². The van der Waals surface area contributed by atoms with Crippen LogP contribution in [0, 0.1) is 6.92 Å². The van der Waals surface area contributed by atoms with Crippen molar-refractivity contribution < 1.29 is 4.74 Å². The number of hydrogen-bond donors (Lipinski definition) is 2. The third-order valence-corrected chi connectivity index (χ3v) is 4.51. The summed E-state index contributed by atoms with van der Waals surface area (Å²) in [7, 11) is 0. The molecule has 1 fully saturated rings. The van der Waals surface area contributed by atoms with Gasteiger partial charge in [-0.1, -0.05) is 18.2 Å². The minimum absolute atomic E-state index is 0.569. The molecule has 1 saturated heterocycles. The van der Waals surface area contributed by atoms with Gasteiger partial charge < -0.3 is 20.3 Å². The first-order valence-corrected chi connectivity index (χ1v) is 9.13. The Balaban J connectivity index is 1.47. The van der Waals surface area contributed by atoms with E-state index in [4.69, 9.17) is 4.74 Å². The van der Waals surface area contributed by atoms with Crippen LogP contribution < -0.4 is 15.5 Å². The van der Waals surface area contributed by atoms with Gasteiger partial charge in [-0.05, 0) is 43.3 Å². The fourth-order valence-corrected chi connectivity index (χ4v) is 2.99. The van der Waals surface area contributed by atoms with Crippen LogP contribution in [0.3, 0.4) is 0 Å². The van der Waals surface area contributed by atoms with E-state index in [-0.39, 0.29) is 0 Å². The van der Waals surface area contributed by atoms with E-state index in [0.717, 1.165) is 49.1 Å². The van der Waals surface area contributed by atoms with Crippen LogP contribution in [0.25, 0.3) is 0 Å². The summed E-state index contributed by atoms with van der Waals surface area (Å²) in [6.07, 6.45) is 1.82. The molecule has 1 aromatic heterocycles. The Hall–Kier alpha value is -3.12. The van der Waals surface area contributed by atoms with Gasteiger partial charge in [0.15, 0.2) is 0 Å². The molecule has 0 amide bonds. The quantitative estimate of drug-likeness (QED) is 0.713. The molecule has 4 rings (SSSR count). The minimum Gasteiger partial charge on any atom is -0.378 e. The molecular formula is C21H23N5O. The molecule has 27 heavy (non-hydrogen) atoms. The van der Waals surface area contributed by atoms with E-state index in [1.165, 1.54) is 5.69 Å². The second-order valence-electron chi connectivity index (χ2n) is 6.49. The number of aromatic nitrogens is 2. The topological polar surface area (TPSA) is 62.3 Å². The molecule has 0 radical (unpaired) electrons. The van der Waals surface area contributed by atoms with Gasteiger partial charge in [0.25, 0.3) is 0 Å². The number of ether oxygens (including phenoxy) is 1. The molecule has 1 aliphatic heterocycles. The molecule has 0 unspecified atom stereocenters. The standard InChI is InChI=1S/C21H23N5O/c1-16-15-22-21(24-17-5-3-2-4-6-17)25-20(16)23-18-7-9-19(10-8-18)26-11-13-27-14-12-26/h2-10,15H,11-14H2,1H3,(H2,22,23,24,25). The Morgan fingerprint density at radius 3 is 2.33 bits per heavy atom. The van der Waals surface area contributed by atoms with Crippen LogP contribution in [-0.2, 0) is 4.74 Å². The number of nitrogens with one attached hydrogen (secondary N) is 2. The Kier molecular flexibility index (Phi) is 5.16. The lowest BCUT2D eigenvalue weighted by molar-refractivity contribution is 0.122. The molecule has 2 aromatic carbocycles. The monoisotopic (exact) mass is 361 g/mol. The molecule has 0 saturated carbocycles. The highest BCUT2D eigenvalue weighted by Gasteiger charge is 2.11. The molecule has 3 aromatic rings. The highest BCUT2D eigenvalue weighted by Crippen LogP contribution is 2.23. The van der Waals surface area contributed by atoms with Crippen LogP contribution in [0.15, 0.2) is 60.8 Å². The van der Waals surface area contributed by atoms with Crippen molar-refractivity contribution >= 4 is 28.8 Å². The Bertz CT molecular complexity index is 877. The summed E-state index contributed by atoms with van der Waals surface area (Å²) in [4.78, 5) is 11.3. The zero-order valence-electron chi connectivity index (χ0n) is 15.4. The van der Waals surface area contributed by atoms with Crippen LogP contribution in [0.1, 0.15) is 5.56 Å². The summed E-state index contributed by atoms with van der Waals surface area (Å²) in [6, 6.07) is 18.3. The molecule has 2 N–H and O–H groups in total. The minimum atomic E-state index is 0.569. The van der Waals surface area contributed by atoms with Gasteiger partial charge in [-0.3, -0.25) is 0 Å². The molecule has 0 aliphatic carbocycles. The van der Waals surface area contributed by atoms with Gasteiger partial charge in [-0.25, -0.2) is 4.98 Å². The third-order valence-electron chi connectivity index (χ3n) is 4.51. The largest absolute Gasteiger partial charge is 0.378 e. The van der Waals surface area contributed by atoms with Crippen molar-refractivity contribution in [3.8, 4) is 0 Å². The summed E-state index contributed by atoms with van der Waals surface area (Å²) in [5.74, 6) is 1.36. The summed E-state index contributed by atoms with van der Waals surface area (Å²) < 4.78 is 5.42. The highest BCUT2D eigenvalue weighted by atomic mass is 16.5. The molecule has 0 atom stereocenters. The van der Waals surface area contributed by atoms with E-state index in [0.29, 0.717) is 5.95 Å². The molecule has 6 heteroatoms. The lowest BCUT2D eigenvalue weighted by atomic mass is 10.2. The lowest BCUT2D eigenvalue weighted by Gasteiger charge is -2.28. The van der Waals surface area contributed by atoms with Gasteiger partial charge in [0, 0.05) is 41.9 Å². The van der Waals surface area contributed by atoms with E-state index in [9.17, 15) is 0 Å². The van der Waals surface area contributed by atoms with E-state index in [2.05, 4.69) is 49.8 Å². The van der Waals surface area contributed by atoms with Crippen molar-refractivity contribution in [1.82, 2.24) is 9.97 Å². The van der Waals surface area contributed by atoms with Gasteiger partial charge in [-0.2, -0.15) is 4.98 Å². The van der Waals surface area contributed by atoms with Crippen LogP contribution in [0.4, 0.5) is 28.8 Å². The predicted molar refractivity (Wildman–Crippen MR) is 109 cm³/mol. The van der Waals surface area contributed by atoms with E-state index in [1.54, 1.807) is 0 Å². The Morgan fingerprint density at radius 2 is 1.59 bits per heavy atom. The molecule has 0 spiro atoms. The van der Waals surface area contributed by atoms with Gasteiger partial charge in [0.1, 0.15) is 5.82 Å². The van der Waals surface area contributed by atoms with E-state index >= 15 is 0 Å². The van der Waals surface area contributed by atoms with Crippen molar-refractivity contribution in [3.05, 3.63) is 66.4 Å². The maximum atomic E-state index is 5.42. The van der Waals surface area contributed by atoms with E-state index < -0.39 is 0 Å². The molecule has 6 nitrogen and oxygen atoms in total. The fraction of sp³-hybridized carbons (Fsp3) is 0.238. The first-order chi connectivity index (χ1) is 13.3. The summed E-state index contributed by atoms with van der Waals surface area (Å²) in [6.45, 7) is 5.45. The number of anilines is 5. The summed E-state index contributed by atoms with van der Waals surface area (Å²) >= 11 is 0. The van der Waals surface area contributed by atoms with Gasteiger partial charge in [-0.15, -0.1) is 0 Å². The fourth-order valence-electron chi connectivity index (χ4n) is 2.99. The van der Waals surface area contributed by atoms with Crippen molar-refractivity contribution in [3.63, 3.8) is 0 Å². The number of para-hydroxylation sites is 1. The first kappa shape index (κ1) is 17.3. The van der Waals surface area contributed by atoms with Crippen molar-refractivity contribution in [1.29, 1.82) is 0 Å². The van der Waals surface area contributed by atoms with Crippen LogP contribution in [0.5, 0.6) is 0 Å². The van der Waals surface area contributed by atoms with Gasteiger partial charge in [0.05, 0.1) is 13.2 Å². The SMILES string of the molecule is Cc1cnc(Nc2ccccc2)nc1Nc1ccc(N2CCOCC2)cc1. The lowest BCUT2D eigenvalue weighted by Crippen LogP contribution is -2.36. The van der Waals surface area contributed by atoms with Crippen molar-refractivity contribution in [2.45, 2.75) is 6.92 Å². The molecular weight excluding hydrogens is 338 g/mol. The number of benzene rings is 2. The zero-order chi connectivity index (χ0) is 18.5. The maximum Gasteiger partial charge on any atom is 0.229 e. The first-order valence-electron chi connectivity index (χ1n) is 9.13. The normalized spacial score (nSPS) is 14.0. The summed E-state index contributed by atoms with van der Waals surface area (Å²) in [5.41, 5.74) is 4.17. The van der Waals surface area contributed by atoms with Crippen LogP contribution in [0.2, 0.25) is 0 Å². The van der Waals surface area contributed by atoms with Crippen molar-refractivity contribution in [2.24, 2.45) is 0 Å². The number of rotatable bonds is 5. The molecule has 138 valence electrons. The highest BCUT2D eigenvalue weighted by molar-refractivity contribution is 5.64. The van der Waals surface area contributed by atoms with Gasteiger partial charge in [0.2, 0.25) is 5.95 Å². The zero-order valence-corrected chi connectivity index (χ0v) is 15.4. The van der Waals surface area contributed by atoms with Gasteiger partial charge >= 0.3 is 0 Å². The number of morpholine rings is 1. The number of nitrogens with zero attached hydrogens (tertiary/aromatic N) is 3. The van der Waals surface area contributed by atoms with Crippen LogP contribution in [-0.4, -0.2) is 36.3 Å². The number of aryl methyl sites for hydroxylation is 1. The number of hydrogen-bond acceptors (Lipinski definition) is 6. The molecule has 1 aliphatic rings. The average Bonchev–Trinajstić information content (AvgIpc) is 2.72. The summed E-state index contributed by atoms with van der Waals surface area (Å²) in [5, 5.41) is 6.62. The third kappa shape index (κ3) is 4.35. The molecule has 2 heterocycles.